The average molecular weight is 493 g/mol. The van der Waals surface area contributed by atoms with E-state index >= 15 is 0 Å². The van der Waals surface area contributed by atoms with E-state index in [2.05, 4.69) is 5.10 Å². The number of nitrogens with zero attached hydrogens (tertiary/aromatic N) is 4. The van der Waals surface area contributed by atoms with Crippen LogP contribution in [0.15, 0.2) is 12.1 Å². The van der Waals surface area contributed by atoms with Gasteiger partial charge in [-0.25, -0.2) is 13.3 Å². The lowest BCUT2D eigenvalue weighted by Gasteiger charge is -2.39. The van der Waals surface area contributed by atoms with Gasteiger partial charge in [-0.3, -0.25) is 9.59 Å². The molecule has 178 valence electrons. The number of piperazine rings is 1. The standard InChI is InChI=1S/C20H18ClF5N4O3/c21-15-11-5-9(18(22)23)6-13(20(24,25)26)30(11)27-16(15)19(33)28-1-2-29(14(31)7-28)12-4-8-3-10(8)17(12)32/h5-6,8,10,12,17-18,32H,1-4,7H2/t8-,10-,12-,17-/m0/s1. The highest BCUT2D eigenvalue weighted by molar-refractivity contribution is 6.36. The third-order valence-electron chi connectivity index (χ3n) is 6.74. The number of amides is 2. The molecule has 0 aromatic carbocycles. The Morgan fingerprint density at radius 3 is 2.52 bits per heavy atom. The van der Waals surface area contributed by atoms with E-state index in [1.807, 2.05) is 0 Å². The van der Waals surface area contributed by atoms with Crippen LogP contribution >= 0.6 is 11.6 Å². The van der Waals surface area contributed by atoms with Crippen molar-refractivity contribution in [2.45, 2.75) is 37.6 Å². The van der Waals surface area contributed by atoms with Gasteiger partial charge in [-0.2, -0.15) is 18.3 Å². The molecule has 2 aromatic rings. The van der Waals surface area contributed by atoms with Gasteiger partial charge in [0.05, 0.1) is 22.7 Å². The predicted molar refractivity (Wildman–Crippen MR) is 104 cm³/mol. The summed E-state index contributed by atoms with van der Waals surface area (Å²) in [5.74, 6) is -0.649. The molecule has 1 saturated heterocycles. The van der Waals surface area contributed by atoms with Crippen molar-refractivity contribution in [2.24, 2.45) is 11.8 Å². The molecule has 1 aliphatic heterocycles. The molecule has 0 bridgehead atoms. The van der Waals surface area contributed by atoms with Crippen molar-refractivity contribution in [2.75, 3.05) is 19.6 Å². The van der Waals surface area contributed by atoms with Gasteiger partial charge in [0.1, 0.15) is 12.2 Å². The third-order valence-corrected chi connectivity index (χ3v) is 7.11. The highest BCUT2D eigenvalue weighted by atomic mass is 35.5. The lowest BCUT2D eigenvalue weighted by molar-refractivity contribution is -0.142. The van der Waals surface area contributed by atoms with Crippen molar-refractivity contribution in [1.82, 2.24) is 19.4 Å². The van der Waals surface area contributed by atoms with Crippen LogP contribution in [0.1, 0.15) is 41.0 Å². The SMILES string of the molecule is O=C(c1nn2c(C(F)(F)F)cc(C(F)F)cc2c1Cl)N1CCN([C@H]2C[C@@H]3C[C@@H]3[C@@H]2O)C(=O)C1. The van der Waals surface area contributed by atoms with Gasteiger partial charge >= 0.3 is 6.18 Å². The molecule has 2 saturated carbocycles. The lowest BCUT2D eigenvalue weighted by Crippen LogP contribution is -2.57. The van der Waals surface area contributed by atoms with Crippen molar-refractivity contribution < 1.29 is 36.6 Å². The fraction of sp³-hybridized carbons (Fsp3) is 0.550. The van der Waals surface area contributed by atoms with E-state index in [1.54, 1.807) is 4.90 Å². The molecule has 0 radical (unpaired) electrons. The Bertz CT molecular complexity index is 1150. The molecule has 3 heterocycles. The average Bonchev–Trinajstić information content (AvgIpc) is 3.35. The molecule has 2 amide bonds. The number of aromatic nitrogens is 2. The van der Waals surface area contributed by atoms with Crippen LogP contribution in [0.25, 0.3) is 5.52 Å². The van der Waals surface area contributed by atoms with Gasteiger partial charge in [-0.15, -0.1) is 0 Å². The summed E-state index contributed by atoms with van der Waals surface area (Å²) in [7, 11) is 0. The zero-order chi connectivity index (χ0) is 23.8. The van der Waals surface area contributed by atoms with Gasteiger partial charge < -0.3 is 14.9 Å². The number of rotatable bonds is 3. The van der Waals surface area contributed by atoms with Gasteiger partial charge in [-0.1, -0.05) is 11.6 Å². The number of carbonyl (C=O) groups excluding carboxylic acids is 2. The predicted octanol–water partition coefficient (Wildman–Crippen LogP) is 3.00. The van der Waals surface area contributed by atoms with Crippen LogP contribution in [-0.4, -0.2) is 68.1 Å². The van der Waals surface area contributed by atoms with E-state index in [0.717, 1.165) is 17.4 Å². The summed E-state index contributed by atoms with van der Waals surface area (Å²) in [5, 5.41) is 13.5. The second-order valence-electron chi connectivity index (χ2n) is 8.70. The molecular formula is C20H18ClF5N4O3. The van der Waals surface area contributed by atoms with Gasteiger partial charge in [0, 0.05) is 18.7 Å². The van der Waals surface area contributed by atoms with Crippen molar-refractivity contribution in [1.29, 1.82) is 0 Å². The summed E-state index contributed by atoms with van der Waals surface area (Å²) < 4.78 is 66.9. The Balaban J connectivity index is 1.42. The molecule has 7 nitrogen and oxygen atoms in total. The molecule has 2 aromatic heterocycles. The van der Waals surface area contributed by atoms with Gasteiger partial charge in [-0.05, 0) is 36.8 Å². The first-order valence-corrected chi connectivity index (χ1v) is 10.7. The number of hydrogen-bond donors (Lipinski definition) is 1. The van der Waals surface area contributed by atoms with Crippen molar-refractivity contribution in [3.05, 3.63) is 34.1 Å². The Kier molecular flexibility index (Phi) is 5.09. The molecule has 33 heavy (non-hydrogen) atoms. The van der Waals surface area contributed by atoms with E-state index < -0.39 is 58.0 Å². The monoisotopic (exact) mass is 492 g/mol. The molecule has 0 spiro atoms. The molecule has 3 aliphatic rings. The van der Waals surface area contributed by atoms with Crippen LogP contribution in [0.2, 0.25) is 5.02 Å². The lowest BCUT2D eigenvalue weighted by atomic mass is 10.1. The number of halogens is 6. The van der Waals surface area contributed by atoms with E-state index in [-0.39, 0.29) is 37.7 Å². The van der Waals surface area contributed by atoms with E-state index in [4.69, 9.17) is 11.6 Å². The quantitative estimate of drug-likeness (QED) is 0.668. The van der Waals surface area contributed by atoms with E-state index in [9.17, 15) is 36.6 Å². The van der Waals surface area contributed by atoms with Gasteiger partial charge in [0.2, 0.25) is 5.91 Å². The summed E-state index contributed by atoms with van der Waals surface area (Å²) >= 11 is 6.11. The molecule has 0 unspecified atom stereocenters. The summed E-state index contributed by atoms with van der Waals surface area (Å²) in [5.41, 5.74) is -3.45. The maximum atomic E-state index is 13.4. The summed E-state index contributed by atoms with van der Waals surface area (Å²) in [4.78, 5) is 28.3. The minimum absolute atomic E-state index is 0.0712. The second-order valence-corrected chi connectivity index (χ2v) is 9.08. The van der Waals surface area contributed by atoms with Crippen molar-refractivity contribution in [3.8, 4) is 0 Å². The largest absolute Gasteiger partial charge is 0.433 e. The van der Waals surface area contributed by atoms with Gasteiger partial charge in [0.25, 0.3) is 12.3 Å². The summed E-state index contributed by atoms with van der Waals surface area (Å²) in [6, 6.07) is 0.705. The maximum Gasteiger partial charge on any atom is 0.433 e. The zero-order valence-electron chi connectivity index (χ0n) is 16.9. The van der Waals surface area contributed by atoms with E-state index in [1.165, 1.54) is 0 Å². The van der Waals surface area contributed by atoms with Crippen LogP contribution in [0.5, 0.6) is 0 Å². The third kappa shape index (κ3) is 3.63. The number of alkyl halides is 5. The number of hydrogen-bond acceptors (Lipinski definition) is 4. The summed E-state index contributed by atoms with van der Waals surface area (Å²) in [6.07, 6.45) is -7.16. The number of carbonyl (C=O) groups is 2. The molecule has 4 atom stereocenters. The fourth-order valence-electron chi connectivity index (χ4n) is 4.97. The highest BCUT2D eigenvalue weighted by Crippen LogP contribution is 2.53. The van der Waals surface area contributed by atoms with Crippen molar-refractivity contribution >= 4 is 28.9 Å². The first-order valence-electron chi connectivity index (χ1n) is 10.3. The zero-order valence-corrected chi connectivity index (χ0v) is 17.7. The molecular weight excluding hydrogens is 475 g/mol. The Labute approximate surface area is 188 Å². The smallest absolute Gasteiger partial charge is 0.391 e. The first-order chi connectivity index (χ1) is 15.5. The Morgan fingerprint density at radius 1 is 1.21 bits per heavy atom. The Morgan fingerprint density at radius 2 is 1.94 bits per heavy atom. The summed E-state index contributed by atoms with van der Waals surface area (Å²) in [6.45, 7) is -0.127. The van der Waals surface area contributed by atoms with Crippen molar-refractivity contribution in [3.63, 3.8) is 0 Å². The van der Waals surface area contributed by atoms with E-state index in [0.29, 0.717) is 16.9 Å². The first kappa shape index (κ1) is 22.3. The second kappa shape index (κ2) is 7.52. The number of pyridine rings is 1. The molecule has 5 rings (SSSR count). The van der Waals surface area contributed by atoms with Crippen LogP contribution in [0.4, 0.5) is 22.0 Å². The number of aliphatic hydroxyl groups excluding tert-OH is 1. The minimum Gasteiger partial charge on any atom is -0.391 e. The number of fused-ring (bicyclic) bond motifs is 2. The molecule has 1 N–H and O–H groups in total. The maximum absolute atomic E-state index is 13.4. The van der Waals surface area contributed by atoms with Crippen LogP contribution in [0, 0.1) is 11.8 Å². The normalized spacial score (nSPS) is 27.6. The Hall–Kier alpha value is -2.47. The molecule has 2 aliphatic carbocycles. The topological polar surface area (TPSA) is 78.2 Å². The van der Waals surface area contributed by atoms with Crippen LogP contribution < -0.4 is 0 Å². The van der Waals surface area contributed by atoms with Crippen LogP contribution in [-0.2, 0) is 11.0 Å². The minimum atomic E-state index is -5.02. The highest BCUT2D eigenvalue weighted by Gasteiger charge is 2.55. The van der Waals surface area contributed by atoms with Gasteiger partial charge in [0.15, 0.2) is 5.69 Å². The molecule has 13 heteroatoms. The molecule has 3 fully saturated rings. The van der Waals surface area contributed by atoms with Crippen LogP contribution in [0.3, 0.4) is 0 Å². The fourth-order valence-corrected chi connectivity index (χ4v) is 5.22. The number of aliphatic hydroxyl groups is 1.